The molecule has 0 aromatic heterocycles. The average molecular weight is 242 g/mol. The molecule has 0 saturated heterocycles. The second-order valence-corrected chi connectivity index (χ2v) is 5.41. The lowest BCUT2D eigenvalue weighted by Crippen LogP contribution is -2.61. The van der Waals surface area contributed by atoms with E-state index in [1.807, 2.05) is 7.11 Å². The molecule has 17 heavy (non-hydrogen) atoms. The Kier molecular flexibility index (Phi) is 6.45. The number of unbranched alkanes of at least 4 members (excludes halogenated alkanes) is 2. The quantitative estimate of drug-likeness (QED) is 0.697. The predicted octanol–water partition coefficient (Wildman–Crippen LogP) is 2.39. The number of ether oxygens (including phenoxy) is 1. The van der Waals surface area contributed by atoms with Gasteiger partial charge in [-0.05, 0) is 32.9 Å². The standard InChI is InChI=1S/C14H30N2O/c1-4-5-8-11-16(2)14(12-15)10-7-6-9-13(14)17-3/h13H,4-12,15H2,1-3H3. The summed E-state index contributed by atoms with van der Waals surface area (Å²) in [6.45, 7) is 4.11. The monoisotopic (exact) mass is 242 g/mol. The zero-order chi connectivity index (χ0) is 12.7. The third kappa shape index (κ3) is 3.43. The van der Waals surface area contributed by atoms with E-state index in [0.29, 0.717) is 12.6 Å². The Hall–Kier alpha value is -0.120. The van der Waals surface area contributed by atoms with Gasteiger partial charge in [0.05, 0.1) is 11.6 Å². The highest BCUT2D eigenvalue weighted by Crippen LogP contribution is 2.34. The van der Waals surface area contributed by atoms with Crippen molar-refractivity contribution in [3.63, 3.8) is 0 Å². The lowest BCUT2D eigenvalue weighted by Gasteiger charge is -2.49. The highest BCUT2D eigenvalue weighted by Gasteiger charge is 2.42. The number of nitrogens with two attached hydrogens (primary N) is 1. The van der Waals surface area contributed by atoms with Gasteiger partial charge in [-0.1, -0.05) is 32.6 Å². The Morgan fingerprint density at radius 1 is 1.35 bits per heavy atom. The first-order valence-electron chi connectivity index (χ1n) is 7.15. The molecule has 3 nitrogen and oxygen atoms in total. The maximum Gasteiger partial charge on any atom is 0.0767 e. The Morgan fingerprint density at radius 2 is 2.12 bits per heavy atom. The van der Waals surface area contributed by atoms with Gasteiger partial charge in [-0.25, -0.2) is 0 Å². The van der Waals surface area contributed by atoms with E-state index in [0.717, 1.165) is 13.0 Å². The molecular weight excluding hydrogens is 212 g/mol. The fourth-order valence-electron chi connectivity index (χ4n) is 3.18. The molecule has 2 unspecified atom stereocenters. The van der Waals surface area contributed by atoms with E-state index in [1.165, 1.54) is 38.5 Å². The summed E-state index contributed by atoms with van der Waals surface area (Å²) in [7, 11) is 4.06. The van der Waals surface area contributed by atoms with Gasteiger partial charge in [-0.2, -0.15) is 0 Å². The average Bonchev–Trinajstić information content (AvgIpc) is 2.38. The van der Waals surface area contributed by atoms with Crippen LogP contribution in [0, 0.1) is 0 Å². The van der Waals surface area contributed by atoms with Gasteiger partial charge in [0.1, 0.15) is 0 Å². The summed E-state index contributed by atoms with van der Waals surface area (Å²) < 4.78 is 5.70. The highest BCUT2D eigenvalue weighted by molar-refractivity contribution is 5.00. The van der Waals surface area contributed by atoms with Crippen molar-refractivity contribution < 1.29 is 4.74 Å². The maximum absolute atomic E-state index is 6.09. The normalized spacial score (nSPS) is 29.8. The van der Waals surface area contributed by atoms with Gasteiger partial charge < -0.3 is 10.5 Å². The molecule has 2 atom stereocenters. The van der Waals surface area contributed by atoms with E-state index < -0.39 is 0 Å². The number of hydrogen-bond acceptors (Lipinski definition) is 3. The van der Waals surface area contributed by atoms with Crippen molar-refractivity contribution in [2.75, 3.05) is 27.2 Å². The molecule has 0 heterocycles. The van der Waals surface area contributed by atoms with Crippen LogP contribution >= 0.6 is 0 Å². The number of nitrogens with zero attached hydrogens (tertiary/aromatic N) is 1. The number of likely N-dealkylation sites (N-methyl/N-ethyl adjacent to an activating group) is 1. The minimum Gasteiger partial charge on any atom is -0.379 e. The molecule has 102 valence electrons. The van der Waals surface area contributed by atoms with Crippen molar-refractivity contribution in [3.8, 4) is 0 Å². The van der Waals surface area contributed by atoms with Crippen LogP contribution in [-0.2, 0) is 4.74 Å². The van der Waals surface area contributed by atoms with Gasteiger partial charge in [-0.3, -0.25) is 4.90 Å². The largest absolute Gasteiger partial charge is 0.379 e. The summed E-state index contributed by atoms with van der Waals surface area (Å²) in [6, 6.07) is 0. The zero-order valence-corrected chi connectivity index (χ0v) is 11.9. The Morgan fingerprint density at radius 3 is 2.71 bits per heavy atom. The van der Waals surface area contributed by atoms with Crippen LogP contribution in [-0.4, -0.2) is 43.8 Å². The van der Waals surface area contributed by atoms with Crippen molar-refractivity contribution in [1.29, 1.82) is 0 Å². The molecule has 0 aromatic carbocycles. The van der Waals surface area contributed by atoms with Crippen LogP contribution in [0.3, 0.4) is 0 Å². The number of rotatable bonds is 7. The SMILES string of the molecule is CCCCCN(C)C1(CN)CCCCC1OC. The van der Waals surface area contributed by atoms with Gasteiger partial charge in [0.25, 0.3) is 0 Å². The summed E-state index contributed by atoms with van der Waals surface area (Å²) in [6.07, 6.45) is 9.08. The third-order valence-electron chi connectivity index (χ3n) is 4.42. The molecule has 1 rings (SSSR count). The topological polar surface area (TPSA) is 38.5 Å². The first-order chi connectivity index (χ1) is 8.21. The predicted molar refractivity (Wildman–Crippen MR) is 73.2 cm³/mol. The summed E-state index contributed by atoms with van der Waals surface area (Å²) in [4.78, 5) is 2.47. The van der Waals surface area contributed by atoms with Crippen molar-refractivity contribution in [3.05, 3.63) is 0 Å². The summed E-state index contributed by atoms with van der Waals surface area (Å²) in [5.74, 6) is 0. The molecule has 1 aliphatic rings. The first-order valence-corrected chi connectivity index (χ1v) is 7.15. The summed E-state index contributed by atoms with van der Waals surface area (Å²) >= 11 is 0. The molecule has 0 aliphatic heterocycles. The third-order valence-corrected chi connectivity index (χ3v) is 4.42. The molecule has 2 N–H and O–H groups in total. The first kappa shape index (κ1) is 14.9. The number of hydrogen-bond donors (Lipinski definition) is 1. The van der Waals surface area contributed by atoms with Gasteiger partial charge in [0.2, 0.25) is 0 Å². The zero-order valence-electron chi connectivity index (χ0n) is 11.9. The van der Waals surface area contributed by atoms with Crippen molar-refractivity contribution in [2.24, 2.45) is 5.73 Å². The van der Waals surface area contributed by atoms with Crippen LogP contribution in [0.4, 0.5) is 0 Å². The molecule has 0 aromatic rings. The minimum absolute atomic E-state index is 0.0841. The van der Waals surface area contributed by atoms with E-state index in [1.54, 1.807) is 0 Å². The Labute approximate surface area is 107 Å². The second-order valence-electron chi connectivity index (χ2n) is 5.41. The second kappa shape index (κ2) is 7.34. The fraction of sp³-hybridized carbons (Fsp3) is 1.00. The highest BCUT2D eigenvalue weighted by atomic mass is 16.5. The Bertz CT molecular complexity index is 210. The molecule has 0 bridgehead atoms. The fourth-order valence-corrected chi connectivity index (χ4v) is 3.18. The van der Waals surface area contributed by atoms with Crippen LogP contribution in [0.5, 0.6) is 0 Å². The van der Waals surface area contributed by atoms with Crippen LogP contribution < -0.4 is 5.73 Å². The molecule has 0 spiro atoms. The van der Waals surface area contributed by atoms with Crippen molar-refractivity contribution in [2.45, 2.75) is 63.5 Å². The van der Waals surface area contributed by atoms with Gasteiger partial charge in [-0.15, -0.1) is 0 Å². The van der Waals surface area contributed by atoms with E-state index >= 15 is 0 Å². The summed E-state index contributed by atoms with van der Waals surface area (Å²) in [5, 5.41) is 0. The smallest absolute Gasteiger partial charge is 0.0767 e. The van der Waals surface area contributed by atoms with Crippen LogP contribution in [0.1, 0.15) is 51.9 Å². The van der Waals surface area contributed by atoms with Crippen LogP contribution in [0.25, 0.3) is 0 Å². The summed E-state index contributed by atoms with van der Waals surface area (Å²) in [5.41, 5.74) is 6.17. The van der Waals surface area contributed by atoms with Gasteiger partial charge >= 0.3 is 0 Å². The van der Waals surface area contributed by atoms with Gasteiger partial charge in [0.15, 0.2) is 0 Å². The molecule has 3 heteroatoms. The molecule has 1 fully saturated rings. The minimum atomic E-state index is 0.0841. The van der Waals surface area contributed by atoms with Crippen molar-refractivity contribution >= 4 is 0 Å². The van der Waals surface area contributed by atoms with E-state index in [2.05, 4.69) is 18.9 Å². The van der Waals surface area contributed by atoms with E-state index in [4.69, 9.17) is 10.5 Å². The van der Waals surface area contributed by atoms with Crippen LogP contribution in [0.2, 0.25) is 0 Å². The molecule has 0 radical (unpaired) electrons. The Balaban J connectivity index is 2.63. The van der Waals surface area contributed by atoms with E-state index in [-0.39, 0.29) is 5.54 Å². The maximum atomic E-state index is 6.09. The molecular formula is C14H30N2O. The molecule has 1 aliphatic carbocycles. The number of methoxy groups -OCH3 is 1. The lowest BCUT2D eigenvalue weighted by molar-refractivity contribution is -0.0659. The van der Waals surface area contributed by atoms with Crippen LogP contribution in [0.15, 0.2) is 0 Å². The molecule has 1 saturated carbocycles. The lowest BCUT2D eigenvalue weighted by atomic mass is 9.77. The molecule has 0 amide bonds. The van der Waals surface area contributed by atoms with E-state index in [9.17, 15) is 0 Å². The van der Waals surface area contributed by atoms with Gasteiger partial charge in [0, 0.05) is 13.7 Å². The van der Waals surface area contributed by atoms with Crippen molar-refractivity contribution in [1.82, 2.24) is 4.90 Å².